The van der Waals surface area contributed by atoms with Gasteiger partial charge in [0.25, 0.3) is 5.91 Å². The van der Waals surface area contributed by atoms with Crippen molar-refractivity contribution in [3.63, 3.8) is 0 Å². The number of allylic oxidation sites excluding steroid dienone is 1. The Kier molecular flexibility index (Phi) is 5.52. The van der Waals surface area contributed by atoms with Crippen LogP contribution in [0.1, 0.15) is 18.9 Å². The highest BCUT2D eigenvalue weighted by atomic mass is 35.5. The number of rotatable bonds is 6. The van der Waals surface area contributed by atoms with Gasteiger partial charge in [0.15, 0.2) is 6.61 Å². The Morgan fingerprint density at radius 1 is 1.44 bits per heavy atom. The Bertz CT molecular complexity index is 447. The van der Waals surface area contributed by atoms with Crippen LogP contribution in [0.15, 0.2) is 30.5 Å². The number of aryl methyl sites for hydroxylation is 1. The molecule has 1 amide bonds. The predicted molar refractivity (Wildman–Crippen MR) is 72.4 cm³/mol. The Morgan fingerprint density at radius 3 is 2.78 bits per heavy atom. The van der Waals surface area contributed by atoms with Crippen LogP contribution in [0.25, 0.3) is 0 Å². The summed E-state index contributed by atoms with van der Waals surface area (Å²) in [4.78, 5) is 11.4. The highest BCUT2D eigenvalue weighted by molar-refractivity contribution is 6.30. The first kappa shape index (κ1) is 14.4. The molecule has 0 bridgehead atoms. The van der Waals surface area contributed by atoms with Crippen molar-refractivity contribution in [2.75, 3.05) is 6.61 Å². The van der Waals surface area contributed by atoms with Crippen LogP contribution >= 0.6 is 11.6 Å². The van der Waals surface area contributed by atoms with Gasteiger partial charge in [-0.3, -0.25) is 10.2 Å². The molecule has 0 atom stereocenters. The molecule has 1 rings (SSSR count). The van der Waals surface area contributed by atoms with Crippen molar-refractivity contribution in [1.82, 2.24) is 10.9 Å². The van der Waals surface area contributed by atoms with Gasteiger partial charge in [0.2, 0.25) is 0 Å². The molecule has 0 aliphatic heterocycles. The molecule has 18 heavy (non-hydrogen) atoms. The molecular weight excluding hydrogens is 252 g/mol. The second kappa shape index (κ2) is 6.91. The number of hydrogen-bond donors (Lipinski definition) is 2. The fourth-order valence-corrected chi connectivity index (χ4v) is 1.43. The first-order chi connectivity index (χ1) is 8.52. The van der Waals surface area contributed by atoms with E-state index >= 15 is 0 Å². The van der Waals surface area contributed by atoms with Crippen LogP contribution in [-0.2, 0) is 4.79 Å². The van der Waals surface area contributed by atoms with Crippen LogP contribution in [0.5, 0.6) is 5.75 Å². The highest BCUT2D eigenvalue weighted by Crippen LogP contribution is 2.21. The number of nitrogens with one attached hydrogen (secondary N) is 2. The minimum atomic E-state index is -0.265. The molecular formula is C13H17ClN2O2. The second-order valence-corrected chi connectivity index (χ2v) is 4.27. The van der Waals surface area contributed by atoms with Crippen molar-refractivity contribution in [1.29, 1.82) is 0 Å². The van der Waals surface area contributed by atoms with Crippen LogP contribution in [-0.4, -0.2) is 12.5 Å². The number of carbonyl (C=O) groups excluding carboxylic acids is 1. The van der Waals surface area contributed by atoms with Crippen molar-refractivity contribution in [3.05, 3.63) is 41.1 Å². The summed E-state index contributed by atoms with van der Waals surface area (Å²) in [6.45, 7) is 7.45. The fourth-order valence-electron chi connectivity index (χ4n) is 1.20. The average Bonchev–Trinajstić information content (AvgIpc) is 2.34. The van der Waals surface area contributed by atoms with E-state index in [9.17, 15) is 4.79 Å². The summed E-state index contributed by atoms with van der Waals surface area (Å²) in [5, 5.41) is 0.644. The maximum atomic E-state index is 11.4. The maximum absolute atomic E-state index is 11.4. The monoisotopic (exact) mass is 268 g/mol. The molecule has 0 fully saturated rings. The predicted octanol–water partition coefficient (Wildman–Crippen LogP) is 2.57. The highest BCUT2D eigenvalue weighted by Gasteiger charge is 2.05. The zero-order valence-electron chi connectivity index (χ0n) is 10.5. The normalized spacial score (nSPS) is 9.72. The number of hydrogen-bond acceptors (Lipinski definition) is 3. The van der Waals surface area contributed by atoms with Gasteiger partial charge in [0.05, 0.1) is 0 Å². The van der Waals surface area contributed by atoms with E-state index in [1.165, 1.54) is 0 Å². The first-order valence-electron chi connectivity index (χ1n) is 5.64. The lowest BCUT2D eigenvalue weighted by molar-refractivity contribution is -0.123. The van der Waals surface area contributed by atoms with Crippen molar-refractivity contribution in [3.8, 4) is 5.75 Å². The molecule has 1 aromatic carbocycles. The number of ether oxygens (including phenoxy) is 1. The quantitative estimate of drug-likeness (QED) is 0.780. The summed E-state index contributed by atoms with van der Waals surface area (Å²) in [6, 6.07) is 5.24. The Labute approximate surface area is 112 Å². The molecule has 0 aromatic heterocycles. The molecule has 0 radical (unpaired) electrons. The third kappa shape index (κ3) is 4.67. The minimum absolute atomic E-state index is 0.0630. The van der Waals surface area contributed by atoms with Crippen molar-refractivity contribution in [2.45, 2.75) is 20.3 Å². The van der Waals surface area contributed by atoms with Gasteiger partial charge in [-0.15, -0.1) is 0 Å². The summed E-state index contributed by atoms with van der Waals surface area (Å²) in [5.74, 6) is 0.378. The molecule has 98 valence electrons. The number of benzene rings is 1. The molecule has 0 aliphatic rings. The molecule has 4 nitrogen and oxygen atoms in total. The van der Waals surface area contributed by atoms with E-state index in [0.717, 1.165) is 17.7 Å². The number of halogens is 1. The van der Waals surface area contributed by atoms with Crippen LogP contribution in [0, 0.1) is 6.92 Å². The van der Waals surface area contributed by atoms with Gasteiger partial charge >= 0.3 is 0 Å². The molecule has 0 spiro atoms. The Balaban J connectivity index is 2.40. The van der Waals surface area contributed by atoms with Gasteiger partial charge in [0, 0.05) is 10.7 Å². The molecule has 1 aromatic rings. The van der Waals surface area contributed by atoms with E-state index in [2.05, 4.69) is 17.4 Å². The smallest absolute Gasteiger partial charge is 0.276 e. The zero-order chi connectivity index (χ0) is 13.5. The van der Waals surface area contributed by atoms with Crippen LogP contribution in [0.3, 0.4) is 0 Å². The SMILES string of the molecule is C=C(CC)NNC(=O)COc1ccc(Cl)cc1C. The van der Waals surface area contributed by atoms with E-state index in [4.69, 9.17) is 16.3 Å². The Morgan fingerprint density at radius 2 is 2.17 bits per heavy atom. The third-order valence-corrected chi connectivity index (χ3v) is 2.54. The summed E-state index contributed by atoms with van der Waals surface area (Å²) < 4.78 is 5.38. The number of carbonyl (C=O) groups is 1. The number of hydrazine groups is 1. The van der Waals surface area contributed by atoms with E-state index in [0.29, 0.717) is 10.8 Å². The number of amides is 1. The minimum Gasteiger partial charge on any atom is -0.483 e. The van der Waals surface area contributed by atoms with Crippen LogP contribution in [0.4, 0.5) is 0 Å². The summed E-state index contributed by atoms with van der Waals surface area (Å²) in [6.07, 6.45) is 0.747. The lowest BCUT2D eigenvalue weighted by atomic mass is 10.2. The van der Waals surface area contributed by atoms with Gasteiger partial charge in [-0.05, 0) is 37.1 Å². The Hall–Kier alpha value is -1.68. The van der Waals surface area contributed by atoms with E-state index in [1.54, 1.807) is 18.2 Å². The van der Waals surface area contributed by atoms with Crippen molar-refractivity contribution < 1.29 is 9.53 Å². The van der Waals surface area contributed by atoms with Gasteiger partial charge in [0.1, 0.15) is 5.75 Å². The summed E-state index contributed by atoms with van der Waals surface area (Å²) >= 11 is 5.83. The van der Waals surface area contributed by atoms with Crippen LogP contribution in [0.2, 0.25) is 5.02 Å². The molecule has 0 saturated heterocycles. The van der Waals surface area contributed by atoms with E-state index in [-0.39, 0.29) is 12.5 Å². The van der Waals surface area contributed by atoms with E-state index in [1.807, 2.05) is 13.8 Å². The third-order valence-electron chi connectivity index (χ3n) is 2.30. The fraction of sp³-hybridized carbons (Fsp3) is 0.308. The molecule has 5 heteroatoms. The van der Waals surface area contributed by atoms with Gasteiger partial charge in [-0.25, -0.2) is 0 Å². The maximum Gasteiger partial charge on any atom is 0.276 e. The average molecular weight is 269 g/mol. The molecule has 0 unspecified atom stereocenters. The summed E-state index contributed by atoms with van der Waals surface area (Å²) in [5.41, 5.74) is 6.82. The lowest BCUT2D eigenvalue weighted by Crippen LogP contribution is -2.39. The molecule has 0 aliphatic carbocycles. The van der Waals surface area contributed by atoms with Crippen molar-refractivity contribution in [2.24, 2.45) is 0 Å². The second-order valence-electron chi connectivity index (χ2n) is 3.83. The van der Waals surface area contributed by atoms with Gasteiger partial charge in [-0.1, -0.05) is 25.1 Å². The van der Waals surface area contributed by atoms with Crippen LogP contribution < -0.4 is 15.6 Å². The summed E-state index contributed by atoms with van der Waals surface area (Å²) in [7, 11) is 0. The van der Waals surface area contributed by atoms with Gasteiger partial charge < -0.3 is 10.2 Å². The van der Waals surface area contributed by atoms with E-state index < -0.39 is 0 Å². The molecule has 0 heterocycles. The lowest BCUT2D eigenvalue weighted by Gasteiger charge is -2.11. The molecule has 0 saturated carbocycles. The zero-order valence-corrected chi connectivity index (χ0v) is 11.3. The largest absolute Gasteiger partial charge is 0.483 e. The topological polar surface area (TPSA) is 50.4 Å². The van der Waals surface area contributed by atoms with Crippen molar-refractivity contribution >= 4 is 17.5 Å². The molecule has 2 N–H and O–H groups in total. The van der Waals surface area contributed by atoms with Gasteiger partial charge in [-0.2, -0.15) is 0 Å². The standard InChI is InChI=1S/C13H17ClN2O2/c1-4-10(3)15-16-13(17)8-18-12-6-5-11(14)7-9(12)2/h5-7,15H,3-4,8H2,1-2H3,(H,16,17). The first-order valence-corrected chi connectivity index (χ1v) is 6.02.